The third kappa shape index (κ3) is 4.68. The maximum Gasteiger partial charge on any atom is 0.341 e. The summed E-state index contributed by atoms with van der Waals surface area (Å²) in [6.07, 6.45) is 1.21. The maximum atomic E-state index is 12.7. The van der Waals surface area contributed by atoms with Crippen LogP contribution in [0.4, 0.5) is 5.00 Å². The highest BCUT2D eigenvalue weighted by Crippen LogP contribution is 2.38. The van der Waals surface area contributed by atoms with Crippen molar-refractivity contribution in [1.29, 1.82) is 0 Å². The molecule has 8 nitrogen and oxygen atoms in total. The van der Waals surface area contributed by atoms with Crippen molar-refractivity contribution < 1.29 is 31.2 Å². The number of hydrogen-bond donors (Lipinski definition) is 1. The van der Waals surface area contributed by atoms with Crippen molar-refractivity contribution in [2.24, 2.45) is 0 Å². The molecule has 0 spiro atoms. The summed E-state index contributed by atoms with van der Waals surface area (Å²) < 4.78 is 52.4. The van der Waals surface area contributed by atoms with Crippen LogP contribution in [0.1, 0.15) is 38.1 Å². The molecule has 0 bridgehead atoms. The Morgan fingerprint density at radius 3 is 2.66 bits per heavy atom. The first-order chi connectivity index (χ1) is 13.5. The van der Waals surface area contributed by atoms with E-state index in [1.807, 2.05) is 0 Å². The molecule has 3 rings (SSSR count). The zero-order valence-corrected chi connectivity index (χ0v) is 18.2. The molecular weight excluding hydrogens is 438 g/mol. The monoisotopic (exact) mass is 457 g/mol. The summed E-state index contributed by atoms with van der Waals surface area (Å²) in [4.78, 5) is 25.7. The molecule has 29 heavy (non-hydrogen) atoms. The second-order valence-electron chi connectivity index (χ2n) is 6.52. The zero-order chi connectivity index (χ0) is 21.4. The van der Waals surface area contributed by atoms with E-state index in [9.17, 15) is 26.4 Å². The third-order valence-electron chi connectivity index (χ3n) is 4.34. The van der Waals surface area contributed by atoms with E-state index in [4.69, 9.17) is 4.74 Å². The Bertz CT molecular complexity index is 1190. The van der Waals surface area contributed by atoms with Crippen molar-refractivity contribution in [3.05, 3.63) is 45.8 Å². The van der Waals surface area contributed by atoms with Crippen molar-refractivity contribution in [1.82, 2.24) is 0 Å². The molecule has 0 aliphatic carbocycles. The molecule has 0 saturated heterocycles. The Morgan fingerprint density at radius 2 is 2.00 bits per heavy atom. The van der Waals surface area contributed by atoms with Gasteiger partial charge in [-0.1, -0.05) is 6.07 Å². The first-order valence-corrected chi connectivity index (χ1v) is 13.2. The van der Waals surface area contributed by atoms with Gasteiger partial charge in [0.15, 0.2) is 19.7 Å². The van der Waals surface area contributed by atoms with Gasteiger partial charge >= 0.3 is 5.97 Å². The fourth-order valence-corrected chi connectivity index (χ4v) is 6.67. The lowest BCUT2D eigenvalue weighted by Gasteiger charge is -2.13. The number of carbonyl (C=O) groups is 2. The summed E-state index contributed by atoms with van der Waals surface area (Å²) in [5.74, 6) is -1.52. The van der Waals surface area contributed by atoms with E-state index in [0.29, 0.717) is 10.4 Å². The van der Waals surface area contributed by atoms with Gasteiger partial charge in [-0.05, 0) is 37.1 Å². The molecule has 1 N–H and O–H groups in total. The molecule has 1 amide bonds. The fourth-order valence-electron chi connectivity index (χ4n) is 2.97. The molecule has 1 aliphatic heterocycles. The molecule has 0 unspecified atom stereocenters. The van der Waals surface area contributed by atoms with Crippen molar-refractivity contribution in [2.45, 2.75) is 24.0 Å². The summed E-state index contributed by atoms with van der Waals surface area (Å²) in [7, 11) is -6.76. The number of benzene rings is 1. The van der Waals surface area contributed by atoms with Gasteiger partial charge in [0.05, 0.1) is 28.6 Å². The predicted octanol–water partition coefficient (Wildman–Crippen LogP) is 2.05. The molecule has 11 heteroatoms. The minimum absolute atomic E-state index is 0.00710. The summed E-state index contributed by atoms with van der Waals surface area (Å²) in [6.45, 7) is 1.78. The van der Waals surface area contributed by atoms with Gasteiger partial charge in [0.2, 0.25) is 0 Å². The average Bonchev–Trinajstić information content (AvgIpc) is 2.97. The molecule has 1 aliphatic rings. The van der Waals surface area contributed by atoms with Gasteiger partial charge in [-0.15, -0.1) is 11.3 Å². The number of rotatable bonds is 5. The topological polar surface area (TPSA) is 124 Å². The Labute approximate surface area is 172 Å². The Morgan fingerprint density at radius 1 is 1.28 bits per heavy atom. The highest BCUT2D eigenvalue weighted by molar-refractivity contribution is 7.91. The van der Waals surface area contributed by atoms with Crippen LogP contribution in [0.5, 0.6) is 0 Å². The van der Waals surface area contributed by atoms with E-state index in [1.165, 1.54) is 24.3 Å². The number of fused-ring (bicyclic) bond motifs is 1. The van der Waals surface area contributed by atoms with Gasteiger partial charge < -0.3 is 10.1 Å². The summed E-state index contributed by atoms with van der Waals surface area (Å²) >= 11 is 1.02. The molecule has 156 valence electrons. The van der Waals surface area contributed by atoms with Crippen LogP contribution in [0.3, 0.4) is 0 Å². The van der Waals surface area contributed by atoms with E-state index in [-0.39, 0.29) is 45.6 Å². The number of hydrogen-bond acceptors (Lipinski definition) is 8. The zero-order valence-electron chi connectivity index (χ0n) is 15.7. The summed E-state index contributed by atoms with van der Waals surface area (Å²) in [5, 5.41) is 2.81. The average molecular weight is 458 g/mol. The van der Waals surface area contributed by atoms with Gasteiger partial charge in [-0.25, -0.2) is 21.6 Å². The number of anilines is 1. The lowest BCUT2D eigenvalue weighted by molar-refractivity contribution is 0.0527. The predicted molar refractivity (Wildman–Crippen MR) is 109 cm³/mol. The van der Waals surface area contributed by atoms with Crippen molar-refractivity contribution in [3.63, 3.8) is 0 Å². The van der Waals surface area contributed by atoms with Crippen LogP contribution in [0.25, 0.3) is 0 Å². The highest BCUT2D eigenvalue weighted by atomic mass is 32.2. The van der Waals surface area contributed by atoms with Gasteiger partial charge in [0, 0.05) is 16.7 Å². The van der Waals surface area contributed by atoms with Gasteiger partial charge in [-0.2, -0.15) is 0 Å². The standard InChI is InChI=1S/C18H19NO7S3/c1-3-26-18(21)15-13-7-8-29(24,25)10-14(13)27-17(15)19-16(20)11-5-4-6-12(9-11)28(2,22)23/h4-6,9H,3,7-8,10H2,1-2H3,(H,19,20). The molecule has 0 fully saturated rings. The number of esters is 1. The van der Waals surface area contributed by atoms with Crippen LogP contribution in [0.2, 0.25) is 0 Å². The molecule has 0 atom stereocenters. The lowest BCUT2D eigenvalue weighted by atomic mass is 10.1. The van der Waals surface area contributed by atoms with Crippen molar-refractivity contribution in [3.8, 4) is 0 Å². The smallest absolute Gasteiger partial charge is 0.341 e. The molecule has 2 heterocycles. The third-order valence-corrected chi connectivity index (χ3v) is 8.33. The van der Waals surface area contributed by atoms with E-state index >= 15 is 0 Å². The van der Waals surface area contributed by atoms with E-state index < -0.39 is 31.6 Å². The Kier molecular flexibility index (Phi) is 5.84. The van der Waals surface area contributed by atoms with Crippen molar-refractivity contribution >= 4 is 47.9 Å². The molecule has 2 aromatic rings. The van der Waals surface area contributed by atoms with E-state index in [0.717, 1.165) is 17.6 Å². The summed E-state index contributed by atoms with van der Waals surface area (Å²) in [5.41, 5.74) is 0.833. The SMILES string of the molecule is CCOC(=O)c1c(NC(=O)c2cccc(S(C)(=O)=O)c2)sc2c1CCS(=O)(=O)C2. The van der Waals surface area contributed by atoms with Crippen LogP contribution in [0.15, 0.2) is 29.2 Å². The van der Waals surface area contributed by atoms with Gasteiger partial charge in [0.25, 0.3) is 5.91 Å². The van der Waals surface area contributed by atoms with Crippen LogP contribution in [0, 0.1) is 0 Å². The number of nitrogens with one attached hydrogen (secondary N) is 1. The van der Waals surface area contributed by atoms with E-state index in [2.05, 4.69) is 5.32 Å². The van der Waals surface area contributed by atoms with E-state index in [1.54, 1.807) is 6.92 Å². The van der Waals surface area contributed by atoms with Crippen molar-refractivity contribution in [2.75, 3.05) is 23.9 Å². The Hall–Kier alpha value is -2.24. The number of carbonyl (C=O) groups excluding carboxylic acids is 2. The number of thiophene rings is 1. The highest BCUT2D eigenvalue weighted by Gasteiger charge is 2.32. The van der Waals surface area contributed by atoms with Gasteiger partial charge in [-0.3, -0.25) is 4.79 Å². The second kappa shape index (κ2) is 7.88. The quantitative estimate of drug-likeness (QED) is 0.682. The normalized spacial score (nSPS) is 15.4. The van der Waals surface area contributed by atoms with Crippen LogP contribution in [-0.4, -0.2) is 47.3 Å². The van der Waals surface area contributed by atoms with Crippen LogP contribution in [-0.2, 0) is 36.6 Å². The number of ether oxygens (including phenoxy) is 1. The first-order valence-electron chi connectivity index (χ1n) is 8.65. The lowest BCUT2D eigenvalue weighted by Crippen LogP contribution is -2.20. The largest absolute Gasteiger partial charge is 0.462 e. The minimum Gasteiger partial charge on any atom is -0.462 e. The number of sulfone groups is 2. The Balaban J connectivity index is 1.99. The molecule has 1 aromatic heterocycles. The van der Waals surface area contributed by atoms with Gasteiger partial charge in [0.1, 0.15) is 5.00 Å². The number of amides is 1. The second-order valence-corrected chi connectivity index (χ2v) is 11.8. The maximum absolute atomic E-state index is 12.7. The molecular formula is C18H19NO7S3. The molecule has 0 radical (unpaired) electrons. The fraction of sp³-hybridized carbons (Fsp3) is 0.333. The summed E-state index contributed by atoms with van der Waals surface area (Å²) in [6, 6.07) is 5.52. The molecule has 1 aromatic carbocycles. The van der Waals surface area contributed by atoms with Crippen LogP contribution < -0.4 is 5.32 Å². The first kappa shape index (κ1) is 21.5. The molecule has 0 saturated carbocycles. The minimum atomic E-state index is -3.49. The van der Waals surface area contributed by atoms with Crippen LogP contribution >= 0.6 is 11.3 Å².